The Labute approximate surface area is 170 Å². The van der Waals surface area contributed by atoms with Gasteiger partial charge in [-0.3, -0.25) is 9.69 Å². The third-order valence-electron chi connectivity index (χ3n) is 5.43. The summed E-state index contributed by atoms with van der Waals surface area (Å²) < 4.78 is 14.7. The summed E-state index contributed by atoms with van der Waals surface area (Å²) in [6, 6.07) is 6.17. The van der Waals surface area contributed by atoms with E-state index in [9.17, 15) is 9.18 Å². The van der Waals surface area contributed by atoms with Crippen molar-refractivity contribution in [2.24, 2.45) is 0 Å². The van der Waals surface area contributed by atoms with Crippen LogP contribution in [0.25, 0.3) is 0 Å². The van der Waals surface area contributed by atoms with Crippen LogP contribution in [0.1, 0.15) is 54.7 Å². The number of carbonyl (C=O) groups excluding carboxylic acids is 1. The average molecular weight is 407 g/mol. The number of hydrogen-bond acceptors (Lipinski definition) is 3. The van der Waals surface area contributed by atoms with Crippen molar-refractivity contribution in [1.29, 1.82) is 0 Å². The number of hydrogen-bond donors (Lipinski definition) is 1. The van der Waals surface area contributed by atoms with Gasteiger partial charge in [0.2, 0.25) is 0 Å². The minimum atomic E-state index is -0.289. The highest BCUT2D eigenvalue weighted by atomic mass is 35.5. The fourth-order valence-corrected chi connectivity index (χ4v) is 3.99. The maximum Gasteiger partial charge on any atom is 0.256 e. The zero-order valence-electron chi connectivity index (χ0n) is 16.8. The van der Waals surface area contributed by atoms with Gasteiger partial charge in [-0.15, -0.1) is 0 Å². The number of aryl methyl sites for hydroxylation is 1. The minimum absolute atomic E-state index is 0.111. The van der Waals surface area contributed by atoms with E-state index in [-0.39, 0.29) is 17.3 Å². The molecular weight excluding hydrogens is 379 g/mol. The van der Waals surface area contributed by atoms with Gasteiger partial charge in [0, 0.05) is 12.1 Å². The van der Waals surface area contributed by atoms with Crippen molar-refractivity contribution in [3.05, 3.63) is 52.1 Å². The van der Waals surface area contributed by atoms with Crippen molar-refractivity contribution < 1.29 is 9.18 Å². The lowest BCUT2D eigenvalue weighted by Crippen LogP contribution is -2.53. The zero-order valence-corrected chi connectivity index (χ0v) is 17.5. The molecule has 5 nitrogen and oxygen atoms in total. The van der Waals surface area contributed by atoms with E-state index in [4.69, 9.17) is 11.6 Å². The molecule has 3 rings (SSSR count). The standard InChI is InChI=1S/C21H28ClFN4O/c1-15-18(19(22)27(25-15)13-16-7-9-17(23)10-8-16)20(28)24-14-21(2,3)26-11-5-4-6-12-26/h7-10H,4-6,11-14H2,1-3H3,(H,24,28). The third-order valence-corrected chi connectivity index (χ3v) is 5.82. The lowest BCUT2D eigenvalue weighted by Gasteiger charge is -2.41. The number of amides is 1. The molecular formula is C21H28ClFN4O. The molecule has 1 aliphatic rings. The summed E-state index contributed by atoms with van der Waals surface area (Å²) in [5, 5.41) is 7.74. The average Bonchev–Trinajstić information content (AvgIpc) is 2.96. The first kappa shape index (κ1) is 20.8. The number of halogens is 2. The predicted octanol–water partition coefficient (Wildman–Crippen LogP) is 4.03. The summed E-state index contributed by atoms with van der Waals surface area (Å²) >= 11 is 6.46. The summed E-state index contributed by atoms with van der Waals surface area (Å²) in [5.74, 6) is -0.499. The van der Waals surface area contributed by atoms with Crippen LogP contribution in [0.15, 0.2) is 24.3 Å². The minimum Gasteiger partial charge on any atom is -0.350 e. The first-order valence-corrected chi connectivity index (χ1v) is 10.2. The maximum atomic E-state index is 13.1. The Kier molecular flexibility index (Phi) is 6.40. The van der Waals surface area contributed by atoms with E-state index >= 15 is 0 Å². The molecule has 1 amide bonds. The maximum absolute atomic E-state index is 13.1. The Morgan fingerprint density at radius 1 is 1.21 bits per heavy atom. The molecule has 0 atom stereocenters. The van der Waals surface area contributed by atoms with Crippen LogP contribution in [0, 0.1) is 12.7 Å². The molecule has 2 aromatic rings. The molecule has 28 heavy (non-hydrogen) atoms. The van der Waals surface area contributed by atoms with Crippen LogP contribution < -0.4 is 5.32 Å². The number of nitrogens with zero attached hydrogens (tertiary/aromatic N) is 3. The van der Waals surface area contributed by atoms with Gasteiger partial charge < -0.3 is 5.32 Å². The quantitative estimate of drug-likeness (QED) is 0.788. The summed E-state index contributed by atoms with van der Waals surface area (Å²) in [5.41, 5.74) is 1.74. The Balaban J connectivity index is 1.68. The molecule has 1 aromatic heterocycles. The van der Waals surface area contributed by atoms with Crippen molar-refractivity contribution in [1.82, 2.24) is 20.0 Å². The van der Waals surface area contributed by atoms with Crippen molar-refractivity contribution in [2.75, 3.05) is 19.6 Å². The molecule has 7 heteroatoms. The lowest BCUT2D eigenvalue weighted by atomic mass is 9.98. The van der Waals surface area contributed by atoms with Gasteiger partial charge in [0.05, 0.1) is 17.8 Å². The van der Waals surface area contributed by atoms with E-state index in [1.807, 2.05) is 0 Å². The van der Waals surface area contributed by atoms with Crippen LogP contribution >= 0.6 is 11.6 Å². The number of benzene rings is 1. The van der Waals surface area contributed by atoms with Crippen LogP contribution in [0.2, 0.25) is 5.15 Å². The summed E-state index contributed by atoms with van der Waals surface area (Å²) in [4.78, 5) is 15.2. The molecule has 0 radical (unpaired) electrons. The van der Waals surface area contributed by atoms with E-state index < -0.39 is 0 Å². The van der Waals surface area contributed by atoms with Gasteiger partial charge in [0.25, 0.3) is 5.91 Å². The number of piperidine rings is 1. The van der Waals surface area contributed by atoms with Crippen LogP contribution in [-0.2, 0) is 6.54 Å². The van der Waals surface area contributed by atoms with Crippen LogP contribution in [-0.4, -0.2) is 45.8 Å². The third kappa shape index (κ3) is 4.73. The second-order valence-corrected chi connectivity index (χ2v) is 8.44. The highest BCUT2D eigenvalue weighted by Crippen LogP contribution is 2.23. The van der Waals surface area contributed by atoms with Crippen LogP contribution in [0.4, 0.5) is 4.39 Å². The second kappa shape index (κ2) is 8.62. The van der Waals surface area contributed by atoms with Gasteiger partial charge >= 0.3 is 0 Å². The number of aromatic nitrogens is 2. The first-order chi connectivity index (χ1) is 13.3. The molecule has 152 valence electrons. The molecule has 1 saturated heterocycles. The predicted molar refractivity (Wildman–Crippen MR) is 109 cm³/mol. The highest BCUT2D eigenvalue weighted by molar-refractivity contribution is 6.33. The Hall–Kier alpha value is -1.92. The largest absolute Gasteiger partial charge is 0.350 e. The van der Waals surface area contributed by atoms with Gasteiger partial charge in [-0.1, -0.05) is 30.2 Å². The van der Waals surface area contributed by atoms with Gasteiger partial charge in [0.1, 0.15) is 11.0 Å². The van der Waals surface area contributed by atoms with Crippen molar-refractivity contribution in [3.63, 3.8) is 0 Å². The van der Waals surface area contributed by atoms with Gasteiger partial charge in [-0.05, 0) is 64.4 Å². The second-order valence-electron chi connectivity index (χ2n) is 8.08. The number of nitrogens with one attached hydrogen (secondary N) is 1. The zero-order chi connectivity index (χ0) is 20.3. The number of carbonyl (C=O) groups is 1. The SMILES string of the molecule is Cc1nn(Cc2ccc(F)cc2)c(Cl)c1C(=O)NCC(C)(C)N1CCCCC1. The summed E-state index contributed by atoms with van der Waals surface area (Å²) in [6.07, 6.45) is 3.69. The van der Waals surface area contributed by atoms with Crippen LogP contribution in [0.5, 0.6) is 0 Å². The summed E-state index contributed by atoms with van der Waals surface area (Å²) in [6.45, 7) is 9.15. The molecule has 1 fully saturated rings. The van der Waals surface area contributed by atoms with Crippen LogP contribution in [0.3, 0.4) is 0 Å². The first-order valence-electron chi connectivity index (χ1n) is 9.78. The topological polar surface area (TPSA) is 50.2 Å². The smallest absolute Gasteiger partial charge is 0.256 e. The molecule has 1 aromatic carbocycles. The molecule has 0 unspecified atom stereocenters. The van der Waals surface area contributed by atoms with Crippen molar-refractivity contribution >= 4 is 17.5 Å². The highest BCUT2D eigenvalue weighted by Gasteiger charge is 2.29. The summed E-state index contributed by atoms with van der Waals surface area (Å²) in [7, 11) is 0. The molecule has 1 N–H and O–H groups in total. The van der Waals surface area contributed by atoms with E-state index in [2.05, 4.69) is 29.2 Å². The molecule has 0 bridgehead atoms. The van der Waals surface area contributed by atoms with Crippen molar-refractivity contribution in [3.8, 4) is 0 Å². The number of likely N-dealkylation sites (tertiary alicyclic amines) is 1. The Morgan fingerprint density at radius 3 is 2.50 bits per heavy atom. The van der Waals surface area contributed by atoms with Gasteiger partial charge in [0.15, 0.2) is 0 Å². The molecule has 1 aliphatic heterocycles. The Bertz CT molecular complexity index is 826. The van der Waals surface area contributed by atoms with Gasteiger partial charge in [-0.25, -0.2) is 9.07 Å². The van der Waals surface area contributed by atoms with E-state index in [0.717, 1.165) is 18.7 Å². The molecule has 0 aliphatic carbocycles. The molecule has 0 spiro atoms. The fourth-order valence-electron chi connectivity index (χ4n) is 3.67. The Morgan fingerprint density at radius 2 is 1.86 bits per heavy atom. The lowest BCUT2D eigenvalue weighted by molar-refractivity contribution is 0.0797. The fraction of sp³-hybridized carbons (Fsp3) is 0.524. The normalized spacial score (nSPS) is 15.6. The number of rotatable bonds is 6. The molecule has 2 heterocycles. The molecule has 0 saturated carbocycles. The van der Waals surface area contributed by atoms with E-state index in [1.165, 1.54) is 31.4 Å². The van der Waals surface area contributed by atoms with Crippen molar-refractivity contribution in [2.45, 2.75) is 52.1 Å². The van der Waals surface area contributed by atoms with Gasteiger partial charge in [-0.2, -0.15) is 5.10 Å². The van der Waals surface area contributed by atoms with E-state index in [1.54, 1.807) is 23.7 Å². The monoisotopic (exact) mass is 406 g/mol. The van der Waals surface area contributed by atoms with E-state index in [0.29, 0.717) is 29.5 Å².